The Kier molecular flexibility index (Phi) is 47.9. The van der Waals surface area contributed by atoms with Crippen molar-refractivity contribution in [3.63, 3.8) is 0 Å². The minimum Gasteiger partial charge on any atom is -0.462 e. The summed E-state index contributed by atoms with van der Waals surface area (Å²) in [7, 11) is 0. The Morgan fingerprint density at radius 2 is 0.590 bits per heavy atom. The van der Waals surface area contributed by atoms with Crippen LogP contribution in [0.25, 0.3) is 0 Å². The average Bonchev–Trinajstić information content (AvgIpc) is 3.26. The fourth-order valence-electron chi connectivity index (χ4n) is 7.33. The lowest BCUT2D eigenvalue weighted by Gasteiger charge is -2.18. The van der Waals surface area contributed by atoms with E-state index in [1.165, 1.54) is 122 Å². The number of rotatable bonds is 47. The van der Waals surface area contributed by atoms with E-state index < -0.39 is 6.10 Å². The van der Waals surface area contributed by atoms with Crippen LogP contribution < -0.4 is 0 Å². The van der Waals surface area contributed by atoms with Crippen LogP contribution in [0.15, 0.2) is 48.6 Å². The second-order valence-electron chi connectivity index (χ2n) is 17.4. The minimum atomic E-state index is -0.783. The number of ether oxygens (including phenoxy) is 3. The van der Waals surface area contributed by atoms with E-state index >= 15 is 0 Å². The highest BCUT2D eigenvalue weighted by Gasteiger charge is 2.19. The molecule has 0 heterocycles. The SMILES string of the molecule is CCCCC/C=C/C/C=C/CCCCCCCC(=O)OC[C@@H](COC(=O)CCCCCCCCCCCCCCC)OC(=O)CCCCCCC/C=C/C/C=C/CCCCC. The summed E-state index contributed by atoms with van der Waals surface area (Å²) in [5.41, 5.74) is 0. The molecule has 0 unspecified atom stereocenters. The molecule has 0 fully saturated rings. The third-order valence-electron chi connectivity index (χ3n) is 11.3. The smallest absolute Gasteiger partial charge is 0.306 e. The predicted molar refractivity (Wildman–Crippen MR) is 261 cm³/mol. The van der Waals surface area contributed by atoms with Crippen molar-refractivity contribution in [2.75, 3.05) is 13.2 Å². The molecule has 6 heteroatoms. The Balaban J connectivity index is 4.41. The molecule has 0 rings (SSSR count). The summed E-state index contributed by atoms with van der Waals surface area (Å²) in [6.45, 7) is 6.57. The van der Waals surface area contributed by atoms with Crippen molar-refractivity contribution in [3.8, 4) is 0 Å². The molecular formula is C55H98O6. The average molecular weight is 855 g/mol. The van der Waals surface area contributed by atoms with Gasteiger partial charge in [-0.3, -0.25) is 14.4 Å². The van der Waals surface area contributed by atoms with Crippen LogP contribution >= 0.6 is 0 Å². The van der Waals surface area contributed by atoms with Crippen molar-refractivity contribution in [1.82, 2.24) is 0 Å². The van der Waals surface area contributed by atoms with Gasteiger partial charge in [0.2, 0.25) is 0 Å². The second kappa shape index (κ2) is 50.0. The van der Waals surface area contributed by atoms with Crippen LogP contribution in [0, 0.1) is 0 Å². The lowest BCUT2D eigenvalue weighted by molar-refractivity contribution is -0.167. The first-order valence-electron chi connectivity index (χ1n) is 26.1. The molecule has 61 heavy (non-hydrogen) atoms. The van der Waals surface area contributed by atoms with E-state index in [1.807, 2.05) is 0 Å². The molecule has 0 amide bonds. The monoisotopic (exact) mass is 855 g/mol. The third-order valence-corrected chi connectivity index (χ3v) is 11.3. The first kappa shape index (κ1) is 58.4. The summed E-state index contributed by atoms with van der Waals surface area (Å²) >= 11 is 0. The van der Waals surface area contributed by atoms with Gasteiger partial charge in [0.15, 0.2) is 6.10 Å². The van der Waals surface area contributed by atoms with E-state index in [2.05, 4.69) is 69.4 Å². The summed E-state index contributed by atoms with van der Waals surface area (Å²) in [5.74, 6) is -0.902. The molecule has 0 radical (unpaired) electrons. The Morgan fingerprint density at radius 1 is 0.328 bits per heavy atom. The molecule has 0 saturated heterocycles. The maximum absolute atomic E-state index is 12.8. The van der Waals surface area contributed by atoms with E-state index in [9.17, 15) is 14.4 Å². The molecule has 0 aliphatic carbocycles. The number of hydrogen-bond acceptors (Lipinski definition) is 6. The lowest BCUT2D eigenvalue weighted by Crippen LogP contribution is -2.30. The normalized spacial score (nSPS) is 12.4. The molecular weight excluding hydrogens is 757 g/mol. The molecule has 0 bridgehead atoms. The highest BCUT2D eigenvalue weighted by atomic mass is 16.6. The first-order valence-corrected chi connectivity index (χ1v) is 26.1. The molecule has 0 aromatic heterocycles. The van der Waals surface area contributed by atoms with Crippen molar-refractivity contribution < 1.29 is 28.6 Å². The number of allylic oxidation sites excluding steroid dienone is 8. The molecule has 0 spiro atoms. The minimum absolute atomic E-state index is 0.0812. The summed E-state index contributed by atoms with van der Waals surface area (Å²) in [6.07, 6.45) is 59.4. The lowest BCUT2D eigenvalue weighted by atomic mass is 10.0. The van der Waals surface area contributed by atoms with Crippen LogP contribution in [0.5, 0.6) is 0 Å². The van der Waals surface area contributed by atoms with Crippen LogP contribution in [0.3, 0.4) is 0 Å². The maximum Gasteiger partial charge on any atom is 0.306 e. The summed E-state index contributed by atoms with van der Waals surface area (Å²) in [4.78, 5) is 38.0. The molecule has 0 aromatic carbocycles. The van der Waals surface area contributed by atoms with Gasteiger partial charge in [0.05, 0.1) is 0 Å². The summed E-state index contributed by atoms with van der Waals surface area (Å²) < 4.78 is 16.8. The fourth-order valence-corrected chi connectivity index (χ4v) is 7.33. The van der Waals surface area contributed by atoms with Gasteiger partial charge in [-0.25, -0.2) is 0 Å². The van der Waals surface area contributed by atoms with Crippen molar-refractivity contribution >= 4 is 17.9 Å². The number of esters is 3. The Hall–Kier alpha value is -2.63. The zero-order chi connectivity index (χ0) is 44.4. The third kappa shape index (κ3) is 48.3. The summed E-state index contributed by atoms with van der Waals surface area (Å²) in [6, 6.07) is 0. The maximum atomic E-state index is 12.8. The van der Waals surface area contributed by atoms with E-state index in [-0.39, 0.29) is 31.1 Å². The first-order chi connectivity index (χ1) is 30.0. The van der Waals surface area contributed by atoms with Gasteiger partial charge in [-0.2, -0.15) is 0 Å². The van der Waals surface area contributed by atoms with Gasteiger partial charge in [-0.1, -0.05) is 211 Å². The van der Waals surface area contributed by atoms with Crippen LogP contribution in [-0.2, 0) is 28.6 Å². The molecule has 0 N–H and O–H groups in total. The quantitative estimate of drug-likeness (QED) is 0.0263. The Labute approximate surface area is 378 Å². The van der Waals surface area contributed by atoms with E-state index in [0.29, 0.717) is 19.3 Å². The van der Waals surface area contributed by atoms with E-state index in [0.717, 1.165) is 103 Å². The van der Waals surface area contributed by atoms with Gasteiger partial charge in [0, 0.05) is 19.3 Å². The zero-order valence-corrected chi connectivity index (χ0v) is 40.4. The van der Waals surface area contributed by atoms with Crippen molar-refractivity contribution in [3.05, 3.63) is 48.6 Å². The van der Waals surface area contributed by atoms with Gasteiger partial charge in [0.1, 0.15) is 13.2 Å². The summed E-state index contributed by atoms with van der Waals surface area (Å²) in [5, 5.41) is 0. The Morgan fingerprint density at radius 3 is 0.934 bits per heavy atom. The van der Waals surface area contributed by atoms with Crippen molar-refractivity contribution in [1.29, 1.82) is 0 Å². The van der Waals surface area contributed by atoms with Gasteiger partial charge in [-0.05, 0) is 83.5 Å². The van der Waals surface area contributed by atoms with Gasteiger partial charge in [-0.15, -0.1) is 0 Å². The number of hydrogen-bond donors (Lipinski definition) is 0. The number of unbranched alkanes of at least 4 members (excludes halogenated alkanes) is 28. The molecule has 0 aliphatic rings. The van der Waals surface area contributed by atoms with E-state index in [4.69, 9.17) is 14.2 Å². The van der Waals surface area contributed by atoms with Gasteiger partial charge < -0.3 is 14.2 Å². The number of carbonyl (C=O) groups excluding carboxylic acids is 3. The highest BCUT2D eigenvalue weighted by molar-refractivity contribution is 5.71. The molecule has 0 aliphatic heterocycles. The zero-order valence-electron chi connectivity index (χ0n) is 40.4. The van der Waals surface area contributed by atoms with Gasteiger partial charge >= 0.3 is 17.9 Å². The highest BCUT2D eigenvalue weighted by Crippen LogP contribution is 2.15. The molecule has 354 valence electrons. The van der Waals surface area contributed by atoms with Gasteiger partial charge in [0.25, 0.3) is 0 Å². The van der Waals surface area contributed by atoms with Crippen LogP contribution in [-0.4, -0.2) is 37.2 Å². The fraction of sp³-hybridized carbons (Fsp3) is 0.800. The van der Waals surface area contributed by atoms with Crippen LogP contribution in [0.2, 0.25) is 0 Å². The van der Waals surface area contributed by atoms with Crippen LogP contribution in [0.1, 0.15) is 265 Å². The number of carbonyl (C=O) groups is 3. The van der Waals surface area contributed by atoms with E-state index in [1.54, 1.807) is 0 Å². The molecule has 6 nitrogen and oxygen atoms in total. The molecule has 0 aromatic rings. The topological polar surface area (TPSA) is 78.9 Å². The molecule has 0 saturated carbocycles. The van der Waals surface area contributed by atoms with Crippen molar-refractivity contribution in [2.45, 2.75) is 271 Å². The second-order valence-corrected chi connectivity index (χ2v) is 17.4. The molecule has 1 atom stereocenters. The standard InChI is InChI=1S/C55H98O6/c1-4-7-10-13-16-19-22-25-27-30-33-36-39-42-45-48-54(57)60-51-52(50-59-53(56)47-44-41-38-35-32-29-24-21-18-15-12-9-6-3)61-55(58)49-46-43-40-37-34-31-28-26-23-20-17-14-11-8-5-2/h16-17,19-20,25-28,52H,4-15,18,21-24,29-51H2,1-3H3/b19-16+,20-17+,27-25+,28-26+/t52-/m1/s1. The largest absolute Gasteiger partial charge is 0.462 e. The predicted octanol–water partition coefficient (Wildman–Crippen LogP) is 17.1. The Bertz CT molecular complexity index is 1070. The van der Waals surface area contributed by atoms with Crippen LogP contribution in [0.4, 0.5) is 0 Å². The van der Waals surface area contributed by atoms with Crippen molar-refractivity contribution in [2.24, 2.45) is 0 Å².